The fourth-order valence-electron chi connectivity index (χ4n) is 3.82. The van der Waals surface area contributed by atoms with Gasteiger partial charge in [-0.05, 0) is 59.0 Å². The summed E-state index contributed by atoms with van der Waals surface area (Å²) in [7, 11) is 0. The molecule has 32 heavy (non-hydrogen) atoms. The summed E-state index contributed by atoms with van der Waals surface area (Å²) in [5.74, 6) is 0.465. The number of amides is 1. The minimum Gasteiger partial charge on any atom is -0.488 e. The van der Waals surface area contributed by atoms with E-state index in [-0.39, 0.29) is 5.91 Å². The fourth-order valence-corrected chi connectivity index (χ4v) is 3.82. The van der Waals surface area contributed by atoms with Gasteiger partial charge in [-0.25, -0.2) is 0 Å². The number of nitrogens with zero attached hydrogens (tertiary/aromatic N) is 1. The summed E-state index contributed by atoms with van der Waals surface area (Å²) >= 11 is 0. The van der Waals surface area contributed by atoms with Crippen LogP contribution in [0, 0.1) is 0 Å². The maximum atomic E-state index is 13.0. The Morgan fingerprint density at radius 2 is 1.75 bits per heavy atom. The summed E-state index contributed by atoms with van der Waals surface area (Å²) in [6, 6.07) is 18.6. The first-order chi connectivity index (χ1) is 15.3. The quantitative estimate of drug-likeness (QED) is 0.457. The molecule has 1 amide bonds. The van der Waals surface area contributed by atoms with Gasteiger partial charge in [0.05, 0.1) is 5.56 Å². The topological polar surface area (TPSA) is 29.5 Å². The number of hydrogen-bond donors (Lipinski definition) is 0. The number of alkyl halides is 3. The minimum absolute atomic E-state index is 0.142. The maximum Gasteiger partial charge on any atom is 0.416 e. The largest absolute Gasteiger partial charge is 0.488 e. The highest BCUT2D eigenvalue weighted by Crippen LogP contribution is 2.37. The lowest BCUT2D eigenvalue weighted by Gasteiger charge is -2.29. The van der Waals surface area contributed by atoms with Gasteiger partial charge in [-0.3, -0.25) is 4.79 Å². The zero-order chi connectivity index (χ0) is 22.7. The van der Waals surface area contributed by atoms with Gasteiger partial charge in [0, 0.05) is 18.7 Å². The Labute approximate surface area is 184 Å². The molecule has 6 heteroatoms. The normalized spacial score (nSPS) is 13.4. The van der Waals surface area contributed by atoms with Crippen LogP contribution in [-0.2, 0) is 30.5 Å². The van der Waals surface area contributed by atoms with Crippen LogP contribution in [0.25, 0.3) is 11.1 Å². The monoisotopic (exact) mass is 437 g/mol. The number of carbonyl (C=O) groups is 1. The van der Waals surface area contributed by atoms with Crippen molar-refractivity contribution in [3.05, 3.63) is 102 Å². The standard InChI is InChI=1S/C26H22F3NO2/c1-2-25(31)30-13-12-20-15-24(32-17-18-6-4-3-5-7-18)23(14-21(20)16-30)19-8-10-22(11-9-19)26(27,28)29/h2-11,14-15H,1,12-13,16-17H2. The average Bonchev–Trinajstić information content (AvgIpc) is 2.81. The van der Waals surface area contributed by atoms with Crippen LogP contribution >= 0.6 is 0 Å². The van der Waals surface area contributed by atoms with Gasteiger partial charge in [-0.1, -0.05) is 49.0 Å². The molecule has 0 bridgehead atoms. The number of ether oxygens (including phenoxy) is 1. The molecule has 0 atom stereocenters. The summed E-state index contributed by atoms with van der Waals surface area (Å²) in [6.07, 6.45) is -2.43. The summed E-state index contributed by atoms with van der Waals surface area (Å²) < 4.78 is 45.2. The summed E-state index contributed by atoms with van der Waals surface area (Å²) in [4.78, 5) is 13.8. The van der Waals surface area contributed by atoms with Gasteiger partial charge >= 0.3 is 6.18 Å². The van der Waals surface area contributed by atoms with E-state index in [2.05, 4.69) is 6.58 Å². The number of carbonyl (C=O) groups excluding carboxylic acids is 1. The van der Waals surface area contributed by atoms with E-state index in [1.165, 1.54) is 18.2 Å². The van der Waals surface area contributed by atoms with E-state index in [0.29, 0.717) is 43.0 Å². The highest BCUT2D eigenvalue weighted by molar-refractivity contribution is 5.87. The molecule has 3 aromatic rings. The molecule has 0 N–H and O–H groups in total. The van der Waals surface area contributed by atoms with E-state index in [0.717, 1.165) is 28.8 Å². The molecule has 1 aliphatic rings. The van der Waals surface area contributed by atoms with E-state index in [1.54, 1.807) is 4.90 Å². The summed E-state index contributed by atoms with van der Waals surface area (Å²) in [6.45, 7) is 4.89. The number of fused-ring (bicyclic) bond motifs is 1. The molecule has 164 valence electrons. The zero-order valence-corrected chi connectivity index (χ0v) is 17.4. The average molecular weight is 437 g/mol. The van der Waals surface area contributed by atoms with Crippen molar-refractivity contribution in [2.45, 2.75) is 25.7 Å². The molecule has 1 heterocycles. The molecule has 4 rings (SSSR count). The lowest BCUT2D eigenvalue weighted by Crippen LogP contribution is -2.34. The second kappa shape index (κ2) is 8.91. The summed E-state index contributed by atoms with van der Waals surface area (Å²) in [5.41, 5.74) is 3.63. The Morgan fingerprint density at radius 3 is 2.41 bits per heavy atom. The molecule has 0 fully saturated rings. The van der Waals surface area contributed by atoms with Crippen LogP contribution in [0.2, 0.25) is 0 Å². The van der Waals surface area contributed by atoms with Gasteiger partial charge in [-0.2, -0.15) is 13.2 Å². The Balaban J connectivity index is 1.71. The molecule has 0 saturated carbocycles. The third-order valence-corrected chi connectivity index (χ3v) is 5.56. The molecule has 0 unspecified atom stereocenters. The highest BCUT2D eigenvalue weighted by Gasteiger charge is 2.30. The van der Waals surface area contributed by atoms with E-state index in [1.807, 2.05) is 42.5 Å². The van der Waals surface area contributed by atoms with Crippen molar-refractivity contribution in [3.8, 4) is 16.9 Å². The Hall–Kier alpha value is -3.54. The SMILES string of the molecule is C=CC(=O)N1CCc2cc(OCc3ccccc3)c(-c3ccc(C(F)(F)F)cc3)cc2C1. The van der Waals surface area contributed by atoms with Gasteiger partial charge in [0.2, 0.25) is 5.91 Å². The second-order valence-electron chi connectivity index (χ2n) is 7.68. The van der Waals surface area contributed by atoms with Crippen molar-refractivity contribution in [3.63, 3.8) is 0 Å². The number of hydrogen-bond acceptors (Lipinski definition) is 2. The maximum absolute atomic E-state index is 13.0. The first kappa shape index (κ1) is 21.7. The van der Waals surface area contributed by atoms with Crippen LogP contribution in [0.3, 0.4) is 0 Å². The van der Waals surface area contributed by atoms with Gasteiger partial charge in [-0.15, -0.1) is 0 Å². The highest BCUT2D eigenvalue weighted by atomic mass is 19.4. The third-order valence-electron chi connectivity index (χ3n) is 5.56. The van der Waals surface area contributed by atoms with E-state index in [4.69, 9.17) is 4.74 Å². The predicted molar refractivity (Wildman–Crippen MR) is 117 cm³/mol. The molecule has 0 aromatic heterocycles. The molecule has 3 nitrogen and oxygen atoms in total. The Morgan fingerprint density at radius 1 is 1.03 bits per heavy atom. The smallest absolute Gasteiger partial charge is 0.416 e. The molecule has 0 radical (unpaired) electrons. The van der Waals surface area contributed by atoms with Crippen LogP contribution < -0.4 is 4.74 Å². The van der Waals surface area contributed by atoms with Crippen LogP contribution in [0.1, 0.15) is 22.3 Å². The minimum atomic E-state index is -4.40. The third kappa shape index (κ3) is 4.69. The first-order valence-corrected chi connectivity index (χ1v) is 10.3. The zero-order valence-electron chi connectivity index (χ0n) is 17.4. The molecule has 0 aliphatic carbocycles. The van der Waals surface area contributed by atoms with Crippen molar-refractivity contribution in [1.82, 2.24) is 4.90 Å². The summed E-state index contributed by atoms with van der Waals surface area (Å²) in [5, 5.41) is 0. The number of halogens is 3. The van der Waals surface area contributed by atoms with Gasteiger partial charge in [0.25, 0.3) is 0 Å². The van der Waals surface area contributed by atoms with Crippen molar-refractivity contribution >= 4 is 5.91 Å². The number of benzene rings is 3. The molecular formula is C26H22F3NO2. The first-order valence-electron chi connectivity index (χ1n) is 10.3. The van der Waals surface area contributed by atoms with Crippen LogP contribution in [-0.4, -0.2) is 17.4 Å². The van der Waals surface area contributed by atoms with Gasteiger partial charge in [0.1, 0.15) is 12.4 Å². The Kier molecular flexibility index (Phi) is 6.04. The fraction of sp³-hybridized carbons (Fsp3) is 0.192. The van der Waals surface area contributed by atoms with Crippen molar-refractivity contribution in [1.29, 1.82) is 0 Å². The molecular weight excluding hydrogens is 415 g/mol. The van der Waals surface area contributed by atoms with Gasteiger partial charge in [0.15, 0.2) is 0 Å². The molecule has 0 saturated heterocycles. The number of rotatable bonds is 5. The van der Waals surface area contributed by atoms with Crippen LogP contribution in [0.15, 0.2) is 79.4 Å². The molecule has 0 spiro atoms. The van der Waals surface area contributed by atoms with Crippen molar-refractivity contribution < 1.29 is 22.7 Å². The molecule has 3 aromatic carbocycles. The van der Waals surface area contributed by atoms with E-state index >= 15 is 0 Å². The van der Waals surface area contributed by atoms with Crippen LogP contribution in [0.5, 0.6) is 5.75 Å². The van der Waals surface area contributed by atoms with Crippen molar-refractivity contribution in [2.75, 3.05) is 6.54 Å². The Bertz CT molecular complexity index is 1120. The lowest BCUT2D eigenvalue weighted by molar-refractivity contribution is -0.137. The lowest BCUT2D eigenvalue weighted by atomic mass is 9.93. The van der Waals surface area contributed by atoms with E-state index < -0.39 is 11.7 Å². The van der Waals surface area contributed by atoms with Crippen molar-refractivity contribution in [2.24, 2.45) is 0 Å². The second-order valence-corrected chi connectivity index (χ2v) is 7.68. The van der Waals surface area contributed by atoms with Gasteiger partial charge < -0.3 is 9.64 Å². The molecule has 1 aliphatic heterocycles. The van der Waals surface area contributed by atoms with E-state index in [9.17, 15) is 18.0 Å². The predicted octanol–water partition coefficient (Wildman–Crippen LogP) is 6.02. The van der Waals surface area contributed by atoms with Crippen LogP contribution in [0.4, 0.5) is 13.2 Å².